The lowest BCUT2D eigenvalue weighted by Gasteiger charge is -2.30. The van der Waals surface area contributed by atoms with Crippen LogP contribution in [-0.2, 0) is 44.8 Å². The summed E-state index contributed by atoms with van der Waals surface area (Å²) < 4.78 is 0. The molecule has 0 aliphatic carbocycles. The first-order valence-corrected chi connectivity index (χ1v) is 18.6. The predicted octanol–water partition coefficient (Wildman–Crippen LogP) is -1.02. The number of phenols is 1. The summed E-state index contributed by atoms with van der Waals surface area (Å²) in [6.45, 7) is 9.41. The Morgan fingerprint density at radius 3 is 1.81 bits per heavy atom. The minimum atomic E-state index is -1.23. The van der Waals surface area contributed by atoms with E-state index in [1.807, 2.05) is 20.8 Å². The second-order valence-corrected chi connectivity index (χ2v) is 14.7. The van der Waals surface area contributed by atoms with Crippen molar-refractivity contribution >= 4 is 47.3 Å². The van der Waals surface area contributed by atoms with Gasteiger partial charge in [0.2, 0.25) is 47.3 Å². The fourth-order valence-corrected chi connectivity index (χ4v) is 6.32. The summed E-state index contributed by atoms with van der Waals surface area (Å²) in [4.78, 5) is 108. The molecule has 2 aliphatic heterocycles. The molecule has 8 N–H and O–H groups in total. The molecule has 8 amide bonds. The number of carbonyl (C=O) groups is 8. The molecule has 2 aliphatic rings. The van der Waals surface area contributed by atoms with E-state index in [1.54, 1.807) is 32.9 Å². The molecule has 6 atom stereocenters. The van der Waals surface area contributed by atoms with Crippen molar-refractivity contribution in [2.75, 3.05) is 26.2 Å². The standard InChI is InChI=1S/C37H56N8O9/c1-7-22(6)32-35(52)40-19-29(48)43-31(21(4)5)36(53)42-25(16-23-10-12-24(46)13-11-23)33(50)38-17-28(47)41-26(15-20(2)3)37(54)45-14-8-9-27(45)34(51)39-18-30(49)44-32/h10-13,20-22,25-27,31-32,46H,7-9,14-19H2,1-6H3,(H,38,50)(H,39,51)(H,40,52)(H,41,47)(H,42,53)(H,43,48)(H,44,49)/t22-,25-,26-,27-,31-,32-/m0/s1. The van der Waals surface area contributed by atoms with Crippen LogP contribution in [0.4, 0.5) is 0 Å². The summed E-state index contributed by atoms with van der Waals surface area (Å²) >= 11 is 0. The lowest BCUT2D eigenvalue weighted by atomic mass is 9.98. The predicted molar refractivity (Wildman–Crippen MR) is 197 cm³/mol. The third kappa shape index (κ3) is 12.7. The van der Waals surface area contributed by atoms with Gasteiger partial charge in [-0.15, -0.1) is 0 Å². The molecule has 298 valence electrons. The Morgan fingerprint density at radius 1 is 0.685 bits per heavy atom. The lowest BCUT2D eigenvalue weighted by molar-refractivity contribution is -0.142. The average molecular weight is 757 g/mol. The zero-order valence-electron chi connectivity index (χ0n) is 32.0. The highest BCUT2D eigenvalue weighted by Crippen LogP contribution is 2.21. The number of benzene rings is 1. The SMILES string of the molecule is CC[C@H](C)[C@@H]1NC(=O)CNC(=O)[C@@H]2CCCN2C(=O)[C@H](CC(C)C)NC(=O)CNC(=O)[C@H](Cc2ccc(O)cc2)NC(=O)[C@H](C(C)C)NC(=O)CNC1=O. The molecule has 2 saturated heterocycles. The van der Waals surface area contributed by atoms with Gasteiger partial charge in [0.05, 0.1) is 19.6 Å². The van der Waals surface area contributed by atoms with Gasteiger partial charge in [0.25, 0.3) is 0 Å². The van der Waals surface area contributed by atoms with Crippen molar-refractivity contribution in [3.63, 3.8) is 0 Å². The first-order valence-electron chi connectivity index (χ1n) is 18.6. The molecule has 17 nitrogen and oxygen atoms in total. The molecular formula is C37H56N8O9. The highest BCUT2D eigenvalue weighted by Gasteiger charge is 2.38. The van der Waals surface area contributed by atoms with Crippen molar-refractivity contribution in [2.24, 2.45) is 17.8 Å². The number of hydrogen-bond acceptors (Lipinski definition) is 9. The fraction of sp³-hybridized carbons (Fsp3) is 0.622. The van der Waals surface area contributed by atoms with E-state index in [2.05, 4.69) is 37.2 Å². The molecule has 0 saturated carbocycles. The lowest BCUT2D eigenvalue weighted by Crippen LogP contribution is -2.59. The summed E-state index contributed by atoms with van der Waals surface area (Å²) in [6.07, 6.45) is 1.56. The Bertz CT molecular complexity index is 1530. The highest BCUT2D eigenvalue weighted by atomic mass is 16.3. The number of phenolic OH excluding ortho intramolecular Hbond substituents is 1. The molecule has 3 rings (SSSR count). The second-order valence-electron chi connectivity index (χ2n) is 14.7. The van der Waals surface area contributed by atoms with E-state index in [0.29, 0.717) is 24.8 Å². The van der Waals surface area contributed by atoms with Gasteiger partial charge in [0.15, 0.2) is 0 Å². The number of fused-ring (bicyclic) bond motifs is 1. The van der Waals surface area contributed by atoms with E-state index in [0.717, 1.165) is 0 Å². The molecule has 54 heavy (non-hydrogen) atoms. The minimum absolute atomic E-state index is 0.00321. The Morgan fingerprint density at radius 2 is 1.24 bits per heavy atom. The zero-order chi connectivity index (χ0) is 40.1. The first-order chi connectivity index (χ1) is 25.5. The second kappa shape index (κ2) is 20.3. The fourth-order valence-electron chi connectivity index (χ4n) is 6.32. The molecule has 1 aromatic carbocycles. The van der Waals surface area contributed by atoms with Gasteiger partial charge < -0.3 is 47.2 Å². The van der Waals surface area contributed by atoms with Crippen LogP contribution >= 0.6 is 0 Å². The highest BCUT2D eigenvalue weighted by molar-refractivity contribution is 5.97. The van der Waals surface area contributed by atoms with Crippen LogP contribution in [0.5, 0.6) is 5.75 Å². The Balaban J connectivity index is 1.94. The first kappa shape index (κ1) is 43.2. The zero-order valence-corrected chi connectivity index (χ0v) is 32.0. The monoisotopic (exact) mass is 756 g/mol. The van der Waals surface area contributed by atoms with Gasteiger partial charge >= 0.3 is 0 Å². The Kier molecular flexibility index (Phi) is 16.2. The average Bonchev–Trinajstić information content (AvgIpc) is 3.62. The molecule has 0 unspecified atom stereocenters. The summed E-state index contributed by atoms with van der Waals surface area (Å²) in [7, 11) is 0. The van der Waals surface area contributed by atoms with Gasteiger partial charge in [-0.25, -0.2) is 0 Å². The maximum absolute atomic E-state index is 13.8. The van der Waals surface area contributed by atoms with E-state index in [1.165, 1.54) is 17.0 Å². The third-order valence-corrected chi connectivity index (χ3v) is 9.54. The van der Waals surface area contributed by atoms with E-state index in [4.69, 9.17) is 0 Å². The van der Waals surface area contributed by atoms with Gasteiger partial charge in [-0.05, 0) is 54.7 Å². The van der Waals surface area contributed by atoms with Gasteiger partial charge in [-0.1, -0.05) is 60.1 Å². The smallest absolute Gasteiger partial charge is 0.245 e. The van der Waals surface area contributed by atoms with Crippen molar-refractivity contribution in [3.8, 4) is 5.75 Å². The number of aromatic hydroxyl groups is 1. The summed E-state index contributed by atoms with van der Waals surface area (Å²) in [6, 6.07) is 0.659. The number of amides is 8. The van der Waals surface area contributed by atoms with E-state index in [9.17, 15) is 43.5 Å². The number of rotatable bonds is 7. The van der Waals surface area contributed by atoms with Gasteiger partial charge in [-0.3, -0.25) is 38.4 Å². The van der Waals surface area contributed by atoms with E-state index in [-0.39, 0.29) is 37.0 Å². The molecule has 0 radical (unpaired) electrons. The maximum atomic E-state index is 13.8. The van der Waals surface area contributed by atoms with Crippen molar-refractivity contribution < 1.29 is 43.5 Å². The number of carbonyl (C=O) groups excluding carboxylic acids is 8. The normalized spacial score (nSPS) is 25.3. The Labute approximate surface area is 315 Å². The number of nitrogens with zero attached hydrogens (tertiary/aromatic N) is 1. The summed E-state index contributed by atoms with van der Waals surface area (Å²) in [5.74, 6) is -5.97. The van der Waals surface area contributed by atoms with Crippen molar-refractivity contribution in [1.82, 2.24) is 42.1 Å². The van der Waals surface area contributed by atoms with Crippen LogP contribution in [0.25, 0.3) is 0 Å². The van der Waals surface area contributed by atoms with Gasteiger partial charge in [-0.2, -0.15) is 0 Å². The van der Waals surface area contributed by atoms with E-state index >= 15 is 0 Å². The number of nitrogens with one attached hydrogen (secondary N) is 7. The van der Waals surface area contributed by atoms with Crippen molar-refractivity contribution in [2.45, 2.75) is 104 Å². The van der Waals surface area contributed by atoms with Crippen LogP contribution in [0.15, 0.2) is 24.3 Å². The van der Waals surface area contributed by atoms with Crippen LogP contribution in [0, 0.1) is 17.8 Å². The van der Waals surface area contributed by atoms with Gasteiger partial charge in [0.1, 0.15) is 36.0 Å². The summed E-state index contributed by atoms with van der Waals surface area (Å²) in [5.41, 5.74) is 0.577. The maximum Gasteiger partial charge on any atom is 0.245 e. The van der Waals surface area contributed by atoms with Crippen molar-refractivity contribution in [1.29, 1.82) is 0 Å². The summed E-state index contributed by atoms with van der Waals surface area (Å²) in [5, 5.41) is 27.9. The molecule has 0 spiro atoms. The molecule has 2 fully saturated rings. The van der Waals surface area contributed by atoms with Crippen molar-refractivity contribution in [3.05, 3.63) is 29.8 Å². The quantitative estimate of drug-likeness (QED) is 0.170. The number of hydrogen-bond donors (Lipinski definition) is 8. The molecular weight excluding hydrogens is 700 g/mol. The van der Waals surface area contributed by atoms with Crippen LogP contribution in [-0.4, -0.2) is 114 Å². The van der Waals surface area contributed by atoms with Crippen LogP contribution in [0.3, 0.4) is 0 Å². The van der Waals surface area contributed by atoms with Crippen LogP contribution in [0.2, 0.25) is 0 Å². The van der Waals surface area contributed by atoms with Gasteiger partial charge in [0, 0.05) is 13.0 Å². The molecule has 17 heteroatoms. The van der Waals surface area contributed by atoms with Crippen LogP contribution < -0.4 is 37.2 Å². The van der Waals surface area contributed by atoms with Crippen LogP contribution in [0.1, 0.15) is 72.8 Å². The molecule has 0 aromatic heterocycles. The third-order valence-electron chi connectivity index (χ3n) is 9.54. The topological polar surface area (TPSA) is 244 Å². The molecule has 0 bridgehead atoms. The van der Waals surface area contributed by atoms with E-state index < -0.39 is 103 Å². The molecule has 1 aromatic rings. The minimum Gasteiger partial charge on any atom is -0.508 e. The largest absolute Gasteiger partial charge is 0.508 e. The molecule has 2 heterocycles. The Hall–Kier alpha value is -5.22.